The lowest BCUT2D eigenvalue weighted by atomic mass is 10.0. The van der Waals surface area contributed by atoms with Crippen LogP contribution in [0.25, 0.3) is 10.9 Å². The minimum absolute atomic E-state index is 0.0936. The van der Waals surface area contributed by atoms with Crippen LogP contribution in [0, 0.1) is 5.82 Å². The van der Waals surface area contributed by atoms with Crippen LogP contribution in [0.5, 0.6) is 5.75 Å². The predicted octanol–water partition coefficient (Wildman–Crippen LogP) is 4.68. The Labute approximate surface area is 184 Å². The first kappa shape index (κ1) is 20.6. The third-order valence-corrected chi connectivity index (χ3v) is 8.21. The van der Waals surface area contributed by atoms with Crippen molar-refractivity contribution >= 4 is 37.9 Å². The summed E-state index contributed by atoms with van der Waals surface area (Å²) in [6.07, 6.45) is 3.48. The number of hydrogen-bond acceptors (Lipinski definition) is 6. The highest BCUT2D eigenvalue weighted by atomic mass is 35.5. The van der Waals surface area contributed by atoms with E-state index in [1.54, 1.807) is 18.2 Å². The van der Waals surface area contributed by atoms with Gasteiger partial charge in [-0.3, -0.25) is 0 Å². The number of benzene rings is 2. The molecule has 31 heavy (non-hydrogen) atoms. The number of ether oxygens (including phenoxy) is 2. The zero-order chi connectivity index (χ0) is 21.4. The summed E-state index contributed by atoms with van der Waals surface area (Å²) >= 11 is 6.59. The molecule has 2 aliphatic heterocycles. The molecule has 0 amide bonds. The van der Waals surface area contributed by atoms with Gasteiger partial charge in [-0.05, 0) is 24.6 Å². The van der Waals surface area contributed by atoms with E-state index in [2.05, 4.69) is 14.3 Å². The minimum atomic E-state index is -2.15. The number of halogens is 2. The monoisotopic (exact) mass is 461 g/mol. The molecule has 0 spiro atoms. The fraction of sp³-hybridized carbons (Fsp3) is 0.364. The molecule has 0 N–H and O–H groups in total. The maximum atomic E-state index is 13.9. The van der Waals surface area contributed by atoms with Gasteiger partial charge in [-0.25, -0.2) is 18.6 Å². The average Bonchev–Trinajstić information content (AvgIpc) is 3.22. The van der Waals surface area contributed by atoms with E-state index in [-0.39, 0.29) is 11.9 Å². The number of hydrogen-bond donors (Lipinski definition) is 0. The quantitative estimate of drug-likeness (QED) is 0.551. The van der Waals surface area contributed by atoms with Gasteiger partial charge in [-0.2, -0.15) is 4.36 Å². The fourth-order valence-corrected chi connectivity index (χ4v) is 5.57. The van der Waals surface area contributed by atoms with Crippen LogP contribution in [0.1, 0.15) is 24.1 Å². The Kier molecular flexibility index (Phi) is 5.54. The van der Waals surface area contributed by atoms with Crippen LogP contribution in [0.3, 0.4) is 0 Å². The molecule has 9 heteroatoms. The van der Waals surface area contributed by atoms with E-state index in [4.69, 9.17) is 21.1 Å². The molecule has 2 fully saturated rings. The first-order chi connectivity index (χ1) is 15.0. The van der Waals surface area contributed by atoms with Gasteiger partial charge in [0.1, 0.15) is 24.0 Å². The largest absolute Gasteiger partial charge is 0.488 e. The van der Waals surface area contributed by atoms with Crippen molar-refractivity contribution in [1.82, 2.24) is 9.97 Å². The van der Waals surface area contributed by atoms with Crippen LogP contribution in [0.4, 0.5) is 10.1 Å². The van der Waals surface area contributed by atoms with Crippen LogP contribution in [-0.4, -0.2) is 45.0 Å². The molecule has 162 valence electrons. The fourth-order valence-electron chi connectivity index (χ4n) is 3.80. The second kappa shape index (κ2) is 8.33. The molecule has 3 heterocycles. The summed E-state index contributed by atoms with van der Waals surface area (Å²) in [5.41, 5.74) is 2.70. The topological polar surface area (TPSA) is 73.7 Å². The average molecular weight is 462 g/mol. The van der Waals surface area contributed by atoms with Gasteiger partial charge in [0.15, 0.2) is 0 Å². The zero-order valence-corrected chi connectivity index (χ0v) is 18.3. The van der Waals surface area contributed by atoms with Crippen molar-refractivity contribution in [3.8, 4) is 5.75 Å². The highest BCUT2D eigenvalue weighted by Crippen LogP contribution is 2.34. The van der Waals surface area contributed by atoms with Crippen LogP contribution in [-0.2, 0) is 20.9 Å². The smallest absolute Gasteiger partial charge is 0.126 e. The van der Waals surface area contributed by atoms with Crippen molar-refractivity contribution in [3.05, 3.63) is 58.8 Å². The summed E-state index contributed by atoms with van der Waals surface area (Å²) in [4.78, 5) is 8.78. The third kappa shape index (κ3) is 4.37. The summed E-state index contributed by atoms with van der Waals surface area (Å²) in [6, 6.07) is 8.00. The van der Waals surface area contributed by atoms with Gasteiger partial charge in [-0.15, -0.1) is 0 Å². The Bertz CT molecular complexity index is 1260. The van der Waals surface area contributed by atoms with Gasteiger partial charge in [0.05, 0.1) is 44.9 Å². The van der Waals surface area contributed by atoms with E-state index in [1.165, 1.54) is 18.5 Å². The van der Waals surface area contributed by atoms with Crippen LogP contribution in [0.2, 0.25) is 5.02 Å². The van der Waals surface area contributed by atoms with Crippen LogP contribution < -0.4 is 4.74 Å². The molecule has 2 aromatic carbocycles. The lowest BCUT2D eigenvalue weighted by Crippen LogP contribution is -2.22. The van der Waals surface area contributed by atoms with E-state index in [0.717, 1.165) is 18.4 Å². The standard InChI is InChI=1S/C22H21ClFN3O3S/c23-18-10-16(27-31(28)6-1-7-31)11-20-22(18)19(25-13-26-20)8-14-2-3-15(24)9-21(14)30-17-4-5-29-12-17/h2-3,9-11,13,17H,1,4-8,12H2/t17-/m0/s1. The number of nitrogens with zero attached hydrogens (tertiary/aromatic N) is 3. The van der Waals surface area contributed by atoms with Crippen molar-refractivity contribution in [2.75, 3.05) is 24.7 Å². The molecule has 1 atom stereocenters. The zero-order valence-electron chi connectivity index (χ0n) is 16.7. The van der Waals surface area contributed by atoms with Gasteiger partial charge in [0.2, 0.25) is 0 Å². The molecule has 0 radical (unpaired) electrons. The molecule has 0 saturated carbocycles. The predicted molar refractivity (Wildman–Crippen MR) is 118 cm³/mol. The van der Waals surface area contributed by atoms with Gasteiger partial charge in [-0.1, -0.05) is 17.7 Å². The molecule has 0 aliphatic carbocycles. The van der Waals surface area contributed by atoms with Crippen LogP contribution >= 0.6 is 11.6 Å². The SMILES string of the molecule is O=S1(=Nc2cc(Cl)c3c(Cc4ccc(F)cc4O[C@H]4CCOC4)ncnc3c2)CCC1. The van der Waals surface area contributed by atoms with E-state index >= 15 is 0 Å². The molecule has 0 bridgehead atoms. The van der Waals surface area contributed by atoms with Crippen molar-refractivity contribution in [1.29, 1.82) is 0 Å². The summed E-state index contributed by atoms with van der Waals surface area (Å²) < 4.78 is 42.2. The molecule has 2 saturated heterocycles. The maximum Gasteiger partial charge on any atom is 0.126 e. The van der Waals surface area contributed by atoms with Crippen LogP contribution in [0.15, 0.2) is 41.0 Å². The van der Waals surface area contributed by atoms with Crippen molar-refractivity contribution < 1.29 is 18.1 Å². The Hall–Kier alpha value is -2.29. The summed E-state index contributed by atoms with van der Waals surface area (Å²) in [5, 5.41) is 1.15. The summed E-state index contributed by atoms with van der Waals surface area (Å²) in [7, 11) is -2.15. The Balaban J connectivity index is 1.51. The third-order valence-electron chi connectivity index (χ3n) is 5.52. The van der Waals surface area contributed by atoms with Gasteiger partial charge < -0.3 is 9.47 Å². The normalized spacial score (nSPS) is 19.9. The molecule has 0 unspecified atom stereocenters. The summed E-state index contributed by atoms with van der Waals surface area (Å²) in [5.74, 6) is 1.36. The number of rotatable bonds is 5. The highest BCUT2D eigenvalue weighted by Gasteiger charge is 2.21. The van der Waals surface area contributed by atoms with Crippen molar-refractivity contribution in [3.63, 3.8) is 0 Å². The molecule has 5 rings (SSSR count). The molecular formula is C22H21ClFN3O3S. The van der Waals surface area contributed by atoms with Crippen molar-refractivity contribution in [2.45, 2.75) is 25.4 Å². The second-order valence-electron chi connectivity index (χ2n) is 7.80. The van der Waals surface area contributed by atoms with E-state index < -0.39 is 9.73 Å². The van der Waals surface area contributed by atoms with E-state index in [0.29, 0.717) is 64.2 Å². The van der Waals surface area contributed by atoms with Gasteiger partial charge in [0, 0.05) is 41.4 Å². The minimum Gasteiger partial charge on any atom is -0.488 e. The Morgan fingerprint density at radius 3 is 2.87 bits per heavy atom. The lowest BCUT2D eigenvalue weighted by molar-refractivity contribution is 0.140. The van der Waals surface area contributed by atoms with E-state index in [1.807, 2.05) is 0 Å². The highest BCUT2D eigenvalue weighted by molar-refractivity contribution is 7.95. The van der Waals surface area contributed by atoms with Gasteiger partial charge in [0.25, 0.3) is 0 Å². The summed E-state index contributed by atoms with van der Waals surface area (Å²) in [6.45, 7) is 1.13. The lowest BCUT2D eigenvalue weighted by Gasteiger charge is -2.18. The van der Waals surface area contributed by atoms with Crippen molar-refractivity contribution in [2.24, 2.45) is 4.36 Å². The Morgan fingerprint density at radius 1 is 1.26 bits per heavy atom. The number of aromatic nitrogens is 2. The molecular weight excluding hydrogens is 441 g/mol. The molecule has 2 aliphatic rings. The molecule has 3 aromatic rings. The first-order valence-corrected chi connectivity index (χ1v) is 12.4. The number of fused-ring (bicyclic) bond motifs is 1. The molecule has 6 nitrogen and oxygen atoms in total. The molecule has 1 aromatic heterocycles. The maximum absolute atomic E-state index is 13.9. The second-order valence-corrected chi connectivity index (χ2v) is 10.8. The first-order valence-electron chi connectivity index (χ1n) is 10.2. The van der Waals surface area contributed by atoms with Gasteiger partial charge >= 0.3 is 0 Å². The Morgan fingerprint density at radius 2 is 2.13 bits per heavy atom. The van der Waals surface area contributed by atoms with E-state index in [9.17, 15) is 8.60 Å².